The van der Waals surface area contributed by atoms with Gasteiger partial charge >= 0.3 is 5.97 Å². The molecule has 0 amide bonds. The molecule has 1 N–H and O–H groups in total. The number of unbranched alkanes of at least 4 members (excludes halogenated alkanes) is 1. The summed E-state index contributed by atoms with van der Waals surface area (Å²) >= 11 is 0. The topological polar surface area (TPSA) is 46.5 Å². The van der Waals surface area contributed by atoms with E-state index in [-0.39, 0.29) is 12.6 Å². The Morgan fingerprint density at radius 2 is 2.06 bits per heavy atom. The van der Waals surface area contributed by atoms with Crippen molar-refractivity contribution in [2.45, 2.75) is 12.8 Å². The smallest absolute Gasteiger partial charge is 0.337 e. The highest BCUT2D eigenvalue weighted by Gasteiger charge is 2.02. The summed E-state index contributed by atoms with van der Waals surface area (Å²) in [6.07, 6.45) is 1.36. The van der Waals surface area contributed by atoms with Crippen LogP contribution < -0.4 is 0 Å². The number of esters is 1. The van der Waals surface area contributed by atoms with Crippen molar-refractivity contribution in [3.8, 4) is 11.8 Å². The molecule has 0 heterocycles. The van der Waals surface area contributed by atoms with Crippen molar-refractivity contribution in [1.29, 1.82) is 0 Å². The molecule has 0 radical (unpaired) electrons. The quantitative estimate of drug-likeness (QED) is 0.476. The number of hydrogen-bond acceptors (Lipinski definition) is 3. The molecular formula is C13H14O3. The van der Waals surface area contributed by atoms with Crippen LogP contribution in [0.25, 0.3) is 0 Å². The van der Waals surface area contributed by atoms with E-state index in [1.807, 2.05) is 0 Å². The van der Waals surface area contributed by atoms with Crippen LogP contribution in [0.1, 0.15) is 28.8 Å². The van der Waals surface area contributed by atoms with Crippen molar-refractivity contribution in [3.05, 3.63) is 35.4 Å². The van der Waals surface area contributed by atoms with Crippen LogP contribution in [0.2, 0.25) is 0 Å². The van der Waals surface area contributed by atoms with Crippen molar-refractivity contribution in [3.63, 3.8) is 0 Å². The maximum absolute atomic E-state index is 11.1. The molecule has 0 saturated heterocycles. The fraction of sp³-hybridized carbons (Fsp3) is 0.308. The van der Waals surface area contributed by atoms with Gasteiger partial charge in [0.1, 0.15) is 0 Å². The van der Waals surface area contributed by atoms with E-state index in [1.165, 1.54) is 7.11 Å². The third kappa shape index (κ3) is 3.76. The van der Waals surface area contributed by atoms with Gasteiger partial charge in [0, 0.05) is 18.6 Å². The zero-order valence-corrected chi connectivity index (χ0v) is 9.19. The van der Waals surface area contributed by atoms with Crippen molar-refractivity contribution in [1.82, 2.24) is 0 Å². The second kappa shape index (κ2) is 6.65. The normalized spacial score (nSPS) is 9.12. The summed E-state index contributed by atoms with van der Waals surface area (Å²) in [7, 11) is 1.35. The van der Waals surface area contributed by atoms with Gasteiger partial charge in [0.2, 0.25) is 0 Å². The number of aliphatic hydroxyl groups excluding tert-OH is 1. The van der Waals surface area contributed by atoms with Gasteiger partial charge in [0.05, 0.1) is 12.7 Å². The molecule has 0 aliphatic carbocycles. The van der Waals surface area contributed by atoms with E-state index in [9.17, 15) is 4.79 Å². The van der Waals surface area contributed by atoms with Gasteiger partial charge < -0.3 is 9.84 Å². The second-order valence-electron chi connectivity index (χ2n) is 3.20. The van der Waals surface area contributed by atoms with Crippen molar-refractivity contribution in [2.24, 2.45) is 0 Å². The van der Waals surface area contributed by atoms with Gasteiger partial charge in [-0.05, 0) is 30.7 Å². The molecule has 1 aromatic carbocycles. The lowest BCUT2D eigenvalue weighted by atomic mass is 10.1. The van der Waals surface area contributed by atoms with E-state index in [2.05, 4.69) is 16.6 Å². The van der Waals surface area contributed by atoms with Gasteiger partial charge in [0.25, 0.3) is 0 Å². The van der Waals surface area contributed by atoms with Crippen LogP contribution in [0.15, 0.2) is 24.3 Å². The molecule has 0 atom stereocenters. The van der Waals surface area contributed by atoms with E-state index in [4.69, 9.17) is 5.11 Å². The lowest BCUT2D eigenvalue weighted by molar-refractivity contribution is 0.0600. The van der Waals surface area contributed by atoms with E-state index in [0.717, 1.165) is 5.56 Å². The average molecular weight is 218 g/mol. The number of benzene rings is 1. The van der Waals surface area contributed by atoms with Gasteiger partial charge in [-0.1, -0.05) is 11.8 Å². The Bertz CT molecular complexity index is 395. The third-order valence-electron chi connectivity index (χ3n) is 2.00. The molecule has 0 bridgehead atoms. The summed E-state index contributed by atoms with van der Waals surface area (Å²) in [6.45, 7) is 0.163. The number of ether oxygens (including phenoxy) is 1. The highest BCUT2D eigenvalue weighted by Crippen LogP contribution is 2.04. The molecule has 84 valence electrons. The highest BCUT2D eigenvalue weighted by atomic mass is 16.5. The molecule has 1 rings (SSSR count). The Hall–Kier alpha value is -1.79. The van der Waals surface area contributed by atoms with Crippen LogP contribution in [0.5, 0.6) is 0 Å². The first-order valence-electron chi connectivity index (χ1n) is 5.06. The summed E-state index contributed by atoms with van der Waals surface area (Å²) in [6, 6.07) is 6.92. The predicted molar refractivity (Wildman–Crippen MR) is 61.0 cm³/mol. The molecule has 3 nitrogen and oxygen atoms in total. The molecule has 3 heteroatoms. The zero-order chi connectivity index (χ0) is 11.8. The molecule has 0 spiro atoms. The summed E-state index contributed by atoms with van der Waals surface area (Å²) in [5.41, 5.74) is 1.37. The largest absolute Gasteiger partial charge is 0.465 e. The van der Waals surface area contributed by atoms with Crippen LogP contribution in [0, 0.1) is 11.8 Å². The van der Waals surface area contributed by atoms with Gasteiger partial charge in [-0.3, -0.25) is 0 Å². The summed E-state index contributed by atoms with van der Waals surface area (Å²) in [5.74, 6) is 5.54. The number of rotatable bonds is 3. The van der Waals surface area contributed by atoms with Crippen molar-refractivity contribution >= 4 is 5.97 Å². The minimum absolute atomic E-state index is 0.163. The standard InChI is InChI=1S/C13H14O3/c1-16-13(15)12-8-6-11(7-9-12)5-3-2-4-10-14/h6-9,14H,2,4,10H2,1H3. The number of hydrogen-bond donors (Lipinski definition) is 1. The molecule has 0 unspecified atom stereocenters. The minimum Gasteiger partial charge on any atom is -0.465 e. The van der Waals surface area contributed by atoms with Gasteiger partial charge in [0.15, 0.2) is 0 Å². The minimum atomic E-state index is -0.347. The van der Waals surface area contributed by atoms with Crippen LogP contribution in [0.3, 0.4) is 0 Å². The second-order valence-corrected chi connectivity index (χ2v) is 3.20. The predicted octanol–water partition coefficient (Wildman–Crippen LogP) is 1.60. The van der Waals surface area contributed by atoms with E-state index < -0.39 is 0 Å². The third-order valence-corrected chi connectivity index (χ3v) is 2.00. The van der Waals surface area contributed by atoms with Crippen LogP contribution >= 0.6 is 0 Å². The average Bonchev–Trinajstić information content (AvgIpc) is 2.34. The monoisotopic (exact) mass is 218 g/mol. The first-order valence-corrected chi connectivity index (χ1v) is 5.06. The summed E-state index contributed by atoms with van der Waals surface area (Å²) in [4.78, 5) is 11.1. The van der Waals surface area contributed by atoms with Crippen LogP contribution in [-0.4, -0.2) is 24.8 Å². The fourth-order valence-corrected chi connectivity index (χ4v) is 1.14. The molecule has 0 aromatic heterocycles. The number of methoxy groups -OCH3 is 1. The molecule has 0 aliphatic heterocycles. The lowest BCUT2D eigenvalue weighted by Crippen LogP contribution is -2.00. The number of carbonyl (C=O) groups excluding carboxylic acids is 1. The fourth-order valence-electron chi connectivity index (χ4n) is 1.14. The van der Waals surface area contributed by atoms with Crippen LogP contribution in [-0.2, 0) is 4.74 Å². The Balaban J connectivity index is 2.63. The summed E-state index contributed by atoms with van der Waals surface area (Å²) in [5, 5.41) is 8.57. The van der Waals surface area contributed by atoms with Crippen LogP contribution in [0.4, 0.5) is 0 Å². The molecule has 0 fully saturated rings. The number of carbonyl (C=O) groups is 1. The Kier molecular flexibility index (Phi) is 5.10. The molecular weight excluding hydrogens is 204 g/mol. The maximum atomic E-state index is 11.1. The molecule has 16 heavy (non-hydrogen) atoms. The first-order chi connectivity index (χ1) is 7.77. The lowest BCUT2D eigenvalue weighted by Gasteiger charge is -1.97. The molecule has 1 aromatic rings. The summed E-state index contributed by atoms with van der Waals surface area (Å²) < 4.78 is 4.59. The highest BCUT2D eigenvalue weighted by molar-refractivity contribution is 5.89. The zero-order valence-electron chi connectivity index (χ0n) is 9.19. The van der Waals surface area contributed by atoms with E-state index in [1.54, 1.807) is 24.3 Å². The molecule has 0 saturated carbocycles. The Morgan fingerprint density at radius 1 is 1.38 bits per heavy atom. The maximum Gasteiger partial charge on any atom is 0.337 e. The van der Waals surface area contributed by atoms with Gasteiger partial charge in [-0.25, -0.2) is 4.79 Å². The van der Waals surface area contributed by atoms with Crippen molar-refractivity contribution in [2.75, 3.05) is 13.7 Å². The molecule has 0 aliphatic rings. The van der Waals surface area contributed by atoms with Gasteiger partial charge in [-0.15, -0.1) is 0 Å². The van der Waals surface area contributed by atoms with Gasteiger partial charge in [-0.2, -0.15) is 0 Å². The van der Waals surface area contributed by atoms with E-state index in [0.29, 0.717) is 18.4 Å². The first kappa shape index (κ1) is 12.3. The SMILES string of the molecule is COC(=O)c1ccc(C#CCCCO)cc1. The van der Waals surface area contributed by atoms with Crippen molar-refractivity contribution < 1.29 is 14.6 Å². The Labute approximate surface area is 95.1 Å². The number of aliphatic hydroxyl groups is 1. The Morgan fingerprint density at radius 3 is 2.62 bits per heavy atom. The van der Waals surface area contributed by atoms with E-state index >= 15 is 0 Å².